The molecule has 4 nitrogen and oxygen atoms in total. The number of aryl methyl sites for hydroxylation is 1. The molecule has 114 valence electrons. The maximum absolute atomic E-state index is 9.07. The molecular formula is C16H29N3O. The molecule has 0 atom stereocenters. The fourth-order valence-electron chi connectivity index (χ4n) is 3.18. The van der Waals surface area contributed by atoms with E-state index < -0.39 is 0 Å². The van der Waals surface area contributed by atoms with Gasteiger partial charge in [-0.25, -0.2) is 0 Å². The van der Waals surface area contributed by atoms with Gasteiger partial charge in [0.1, 0.15) is 0 Å². The van der Waals surface area contributed by atoms with E-state index in [2.05, 4.69) is 38.1 Å². The summed E-state index contributed by atoms with van der Waals surface area (Å²) in [5, 5.41) is 17.3. The fourth-order valence-corrected chi connectivity index (χ4v) is 3.18. The highest BCUT2D eigenvalue weighted by Gasteiger charge is 2.29. The number of aliphatic hydroxyl groups excluding tert-OH is 1. The third-order valence-electron chi connectivity index (χ3n) is 4.91. The van der Waals surface area contributed by atoms with Crippen molar-refractivity contribution in [3.8, 4) is 0 Å². The van der Waals surface area contributed by atoms with Crippen molar-refractivity contribution < 1.29 is 5.11 Å². The molecule has 2 N–H and O–H groups in total. The second-order valence-electron chi connectivity index (χ2n) is 6.69. The Bertz CT molecular complexity index is 445. The van der Waals surface area contributed by atoms with E-state index in [1.807, 2.05) is 4.68 Å². The molecule has 0 spiro atoms. The molecule has 4 heteroatoms. The number of nitrogens with zero attached hydrogens (tertiary/aromatic N) is 2. The molecule has 20 heavy (non-hydrogen) atoms. The molecule has 0 unspecified atom stereocenters. The van der Waals surface area contributed by atoms with E-state index in [-0.39, 0.29) is 12.1 Å². The first kappa shape index (κ1) is 15.5. The van der Waals surface area contributed by atoms with Gasteiger partial charge >= 0.3 is 0 Å². The summed E-state index contributed by atoms with van der Waals surface area (Å²) in [6.07, 6.45) is 5.17. The molecule has 0 aromatic carbocycles. The first-order valence-corrected chi connectivity index (χ1v) is 7.84. The maximum atomic E-state index is 9.07. The van der Waals surface area contributed by atoms with Crippen LogP contribution in [0.1, 0.15) is 56.5 Å². The normalized spacial score (nSPS) is 26.9. The maximum Gasteiger partial charge on any atom is 0.0644 e. The van der Waals surface area contributed by atoms with Gasteiger partial charge in [-0.05, 0) is 52.4 Å². The number of nitrogens with one attached hydrogen (secondary N) is 1. The van der Waals surface area contributed by atoms with Gasteiger partial charge in [-0.1, -0.05) is 6.92 Å². The van der Waals surface area contributed by atoms with Crippen LogP contribution in [0.5, 0.6) is 0 Å². The quantitative estimate of drug-likeness (QED) is 0.871. The van der Waals surface area contributed by atoms with Crippen LogP contribution < -0.4 is 5.32 Å². The highest BCUT2D eigenvalue weighted by atomic mass is 16.3. The van der Waals surface area contributed by atoms with Crippen LogP contribution in [0, 0.1) is 19.8 Å². The molecule has 0 bridgehead atoms. The Morgan fingerprint density at radius 1 is 1.35 bits per heavy atom. The Morgan fingerprint density at radius 2 is 2.00 bits per heavy atom. The van der Waals surface area contributed by atoms with Gasteiger partial charge in [0, 0.05) is 23.3 Å². The predicted octanol–water partition coefficient (Wildman–Crippen LogP) is 2.55. The Hall–Kier alpha value is -0.870. The van der Waals surface area contributed by atoms with Crippen LogP contribution in [-0.2, 0) is 13.1 Å². The van der Waals surface area contributed by atoms with Crippen molar-refractivity contribution in [2.24, 2.45) is 5.92 Å². The van der Waals surface area contributed by atoms with Gasteiger partial charge in [-0.3, -0.25) is 4.68 Å². The van der Waals surface area contributed by atoms with Crippen molar-refractivity contribution in [3.05, 3.63) is 17.0 Å². The molecular weight excluding hydrogens is 250 g/mol. The molecule has 1 fully saturated rings. The van der Waals surface area contributed by atoms with Crippen molar-refractivity contribution in [2.45, 2.75) is 72.0 Å². The first-order valence-electron chi connectivity index (χ1n) is 7.84. The first-order chi connectivity index (χ1) is 9.45. The van der Waals surface area contributed by atoms with Crippen LogP contribution in [0.2, 0.25) is 0 Å². The number of hydrogen-bond acceptors (Lipinski definition) is 3. The average molecular weight is 279 g/mol. The lowest BCUT2D eigenvalue weighted by atomic mass is 9.78. The van der Waals surface area contributed by atoms with Crippen LogP contribution in [0.3, 0.4) is 0 Å². The summed E-state index contributed by atoms with van der Waals surface area (Å²) in [6.45, 7) is 10.5. The highest BCUT2D eigenvalue weighted by Crippen LogP contribution is 2.31. The van der Waals surface area contributed by atoms with Crippen LogP contribution in [-0.4, -0.2) is 27.0 Å². The zero-order valence-corrected chi connectivity index (χ0v) is 13.4. The van der Waals surface area contributed by atoms with E-state index in [0.717, 1.165) is 18.2 Å². The topological polar surface area (TPSA) is 50.1 Å². The van der Waals surface area contributed by atoms with Gasteiger partial charge in [-0.15, -0.1) is 0 Å². The summed E-state index contributed by atoms with van der Waals surface area (Å²) >= 11 is 0. The largest absolute Gasteiger partial charge is 0.394 e. The Morgan fingerprint density at radius 3 is 2.60 bits per heavy atom. The molecule has 1 aliphatic carbocycles. The lowest BCUT2D eigenvalue weighted by Crippen LogP contribution is -2.44. The molecule has 1 aromatic rings. The van der Waals surface area contributed by atoms with E-state index >= 15 is 0 Å². The highest BCUT2D eigenvalue weighted by molar-refractivity contribution is 5.24. The zero-order chi connectivity index (χ0) is 14.8. The lowest BCUT2D eigenvalue weighted by Gasteiger charge is -2.37. The Kier molecular flexibility index (Phi) is 4.86. The van der Waals surface area contributed by atoms with Gasteiger partial charge in [0.15, 0.2) is 0 Å². The average Bonchev–Trinajstić information content (AvgIpc) is 2.67. The molecule has 2 rings (SSSR count). The second kappa shape index (κ2) is 6.27. The third kappa shape index (κ3) is 3.41. The minimum atomic E-state index is 0.143. The van der Waals surface area contributed by atoms with Crippen molar-refractivity contribution in [2.75, 3.05) is 6.61 Å². The minimum absolute atomic E-state index is 0.143. The lowest BCUT2D eigenvalue weighted by molar-refractivity contribution is 0.212. The summed E-state index contributed by atoms with van der Waals surface area (Å²) in [4.78, 5) is 0. The second-order valence-corrected chi connectivity index (χ2v) is 6.69. The molecule has 0 amide bonds. The minimum Gasteiger partial charge on any atom is -0.394 e. The Labute approximate surface area is 122 Å². The van der Waals surface area contributed by atoms with Gasteiger partial charge < -0.3 is 10.4 Å². The predicted molar refractivity (Wildman–Crippen MR) is 81.7 cm³/mol. The van der Waals surface area contributed by atoms with E-state index in [4.69, 9.17) is 5.11 Å². The van der Waals surface area contributed by atoms with Crippen LogP contribution in [0.4, 0.5) is 0 Å². The van der Waals surface area contributed by atoms with Crippen molar-refractivity contribution in [1.82, 2.24) is 15.1 Å². The smallest absolute Gasteiger partial charge is 0.0644 e. The van der Waals surface area contributed by atoms with E-state index in [1.165, 1.54) is 36.9 Å². The number of hydrogen-bond donors (Lipinski definition) is 2. The number of aliphatic hydroxyl groups is 1. The van der Waals surface area contributed by atoms with Gasteiger partial charge in [0.2, 0.25) is 0 Å². The van der Waals surface area contributed by atoms with Gasteiger partial charge in [0.05, 0.1) is 18.8 Å². The van der Waals surface area contributed by atoms with Crippen molar-refractivity contribution in [1.29, 1.82) is 0 Å². The van der Waals surface area contributed by atoms with Crippen LogP contribution >= 0.6 is 0 Å². The number of rotatable bonds is 5. The van der Waals surface area contributed by atoms with E-state index in [9.17, 15) is 0 Å². The molecule has 1 aromatic heterocycles. The van der Waals surface area contributed by atoms with E-state index in [0.29, 0.717) is 6.54 Å². The van der Waals surface area contributed by atoms with Crippen LogP contribution in [0.15, 0.2) is 0 Å². The summed E-state index contributed by atoms with van der Waals surface area (Å²) in [7, 11) is 0. The third-order valence-corrected chi connectivity index (χ3v) is 4.91. The molecule has 0 saturated heterocycles. The van der Waals surface area contributed by atoms with E-state index in [1.54, 1.807) is 0 Å². The van der Waals surface area contributed by atoms with Crippen molar-refractivity contribution in [3.63, 3.8) is 0 Å². The van der Waals surface area contributed by atoms with Gasteiger partial charge in [0.25, 0.3) is 0 Å². The summed E-state index contributed by atoms with van der Waals surface area (Å²) in [5.74, 6) is 0.876. The Balaban J connectivity index is 2.00. The monoisotopic (exact) mass is 279 g/mol. The number of aromatic nitrogens is 2. The standard InChI is InChI=1S/C16H29N3O/c1-12-5-7-16(4,8-6-12)17-11-15-13(2)18-19(9-10-20)14(15)3/h12,17,20H,5-11H2,1-4H3. The SMILES string of the molecule is Cc1nn(CCO)c(C)c1CNC1(C)CCC(C)CC1. The summed E-state index contributed by atoms with van der Waals surface area (Å²) in [5.41, 5.74) is 3.82. The molecule has 1 aliphatic rings. The fraction of sp³-hybridized carbons (Fsp3) is 0.812. The molecule has 0 radical (unpaired) electrons. The molecule has 1 heterocycles. The van der Waals surface area contributed by atoms with Crippen LogP contribution in [0.25, 0.3) is 0 Å². The molecule has 0 aliphatic heterocycles. The summed E-state index contributed by atoms with van der Waals surface area (Å²) < 4.78 is 1.91. The van der Waals surface area contributed by atoms with Gasteiger partial charge in [-0.2, -0.15) is 5.10 Å². The van der Waals surface area contributed by atoms with Crippen molar-refractivity contribution >= 4 is 0 Å². The molecule has 1 saturated carbocycles. The summed E-state index contributed by atoms with van der Waals surface area (Å²) in [6, 6.07) is 0. The zero-order valence-electron chi connectivity index (χ0n) is 13.4.